The Morgan fingerprint density at radius 1 is 1.53 bits per heavy atom. The fourth-order valence-electron chi connectivity index (χ4n) is 1.36. The van der Waals surface area contributed by atoms with Crippen LogP contribution in [0.3, 0.4) is 0 Å². The largest absolute Gasteiger partial charge is 0.385 e. The Kier molecular flexibility index (Phi) is 6.25. The summed E-state index contributed by atoms with van der Waals surface area (Å²) in [5.74, 6) is 0. The lowest BCUT2D eigenvalue weighted by molar-refractivity contribution is 0.192. The van der Waals surface area contributed by atoms with E-state index < -0.39 is 0 Å². The normalized spacial score (nSPS) is 13.0. The number of halogens is 1. The van der Waals surface area contributed by atoms with Crippen LogP contribution in [-0.2, 0) is 4.74 Å². The molecule has 0 radical (unpaired) electrons. The van der Waals surface area contributed by atoms with Crippen molar-refractivity contribution in [1.82, 2.24) is 5.32 Å². The molecule has 0 fully saturated rings. The van der Waals surface area contributed by atoms with Crippen molar-refractivity contribution in [3.8, 4) is 0 Å². The maximum Gasteiger partial charge on any atom is 0.0931 e. The number of rotatable bonds is 7. The fraction of sp³-hybridized carbons (Fsp3) is 0.636. The molecule has 0 aliphatic carbocycles. The second kappa shape index (κ2) is 7.23. The van der Waals surface area contributed by atoms with Crippen molar-refractivity contribution in [3.05, 3.63) is 21.3 Å². The van der Waals surface area contributed by atoms with Crippen molar-refractivity contribution >= 4 is 22.9 Å². The number of thiophene rings is 1. The second-order valence-electron chi connectivity index (χ2n) is 3.56. The zero-order valence-corrected chi connectivity index (χ0v) is 10.8. The third-order valence-electron chi connectivity index (χ3n) is 2.31. The van der Waals surface area contributed by atoms with E-state index in [9.17, 15) is 0 Å². The van der Waals surface area contributed by atoms with Crippen molar-refractivity contribution in [1.29, 1.82) is 0 Å². The molecule has 0 bridgehead atoms. The SMILES string of the molecule is COCCCCNC(C)c1csc(Cl)c1. The first-order valence-corrected chi connectivity index (χ1v) is 6.46. The first kappa shape index (κ1) is 13.0. The highest BCUT2D eigenvalue weighted by molar-refractivity contribution is 7.14. The van der Waals surface area contributed by atoms with E-state index in [1.165, 1.54) is 5.56 Å². The van der Waals surface area contributed by atoms with E-state index in [1.807, 2.05) is 6.07 Å². The van der Waals surface area contributed by atoms with Crippen molar-refractivity contribution in [2.75, 3.05) is 20.3 Å². The predicted molar refractivity (Wildman–Crippen MR) is 66.9 cm³/mol. The van der Waals surface area contributed by atoms with E-state index in [-0.39, 0.29) is 0 Å². The standard InChI is InChI=1S/C11H18ClNOS/c1-9(10-7-11(12)15-8-10)13-5-3-4-6-14-2/h7-9,13H,3-6H2,1-2H3. The molecule has 1 heterocycles. The third kappa shape index (κ3) is 4.98. The number of ether oxygens (including phenoxy) is 1. The average molecular weight is 248 g/mol. The van der Waals surface area contributed by atoms with Crippen LogP contribution in [0.2, 0.25) is 4.34 Å². The molecule has 2 nitrogen and oxygen atoms in total. The molecule has 86 valence electrons. The second-order valence-corrected chi connectivity index (χ2v) is 5.10. The highest BCUT2D eigenvalue weighted by Crippen LogP contribution is 2.24. The minimum Gasteiger partial charge on any atom is -0.385 e. The molecule has 0 aromatic carbocycles. The summed E-state index contributed by atoms with van der Waals surface area (Å²) in [5.41, 5.74) is 1.27. The minimum atomic E-state index is 0.385. The van der Waals surface area contributed by atoms with Crippen LogP contribution in [0.4, 0.5) is 0 Å². The van der Waals surface area contributed by atoms with Gasteiger partial charge in [-0.1, -0.05) is 11.6 Å². The monoisotopic (exact) mass is 247 g/mol. The van der Waals surface area contributed by atoms with Gasteiger partial charge in [-0.25, -0.2) is 0 Å². The first-order chi connectivity index (χ1) is 7.24. The van der Waals surface area contributed by atoms with E-state index >= 15 is 0 Å². The van der Waals surface area contributed by atoms with Gasteiger partial charge in [0.05, 0.1) is 4.34 Å². The third-order valence-corrected chi connectivity index (χ3v) is 3.42. The molecule has 0 saturated carbocycles. The zero-order chi connectivity index (χ0) is 11.1. The molecule has 0 aliphatic rings. The maximum atomic E-state index is 5.88. The Bertz CT molecular complexity index is 277. The van der Waals surface area contributed by atoms with Gasteiger partial charge in [-0.3, -0.25) is 0 Å². The molecule has 1 rings (SSSR count). The molecule has 0 aliphatic heterocycles. The van der Waals surface area contributed by atoms with E-state index in [4.69, 9.17) is 16.3 Å². The van der Waals surface area contributed by atoms with Gasteiger partial charge in [-0.2, -0.15) is 0 Å². The van der Waals surface area contributed by atoms with Gasteiger partial charge in [0.1, 0.15) is 0 Å². The smallest absolute Gasteiger partial charge is 0.0931 e. The van der Waals surface area contributed by atoms with Gasteiger partial charge in [0.2, 0.25) is 0 Å². The molecule has 1 aromatic rings. The first-order valence-electron chi connectivity index (χ1n) is 5.20. The van der Waals surface area contributed by atoms with Crippen molar-refractivity contribution in [2.45, 2.75) is 25.8 Å². The van der Waals surface area contributed by atoms with Gasteiger partial charge in [0, 0.05) is 19.8 Å². The molecule has 1 aromatic heterocycles. The Hall–Kier alpha value is -0.0900. The summed E-state index contributed by atoms with van der Waals surface area (Å²) < 4.78 is 5.85. The summed E-state index contributed by atoms with van der Waals surface area (Å²) in [5, 5.41) is 5.57. The number of hydrogen-bond acceptors (Lipinski definition) is 3. The van der Waals surface area contributed by atoms with E-state index in [2.05, 4.69) is 17.6 Å². The summed E-state index contributed by atoms with van der Waals surface area (Å²) in [4.78, 5) is 0. The summed E-state index contributed by atoms with van der Waals surface area (Å²) in [6.07, 6.45) is 2.26. The van der Waals surface area contributed by atoms with Crippen LogP contribution >= 0.6 is 22.9 Å². The van der Waals surface area contributed by atoms with Crippen LogP contribution in [0.25, 0.3) is 0 Å². The molecule has 0 spiro atoms. The van der Waals surface area contributed by atoms with Gasteiger partial charge in [0.15, 0.2) is 0 Å². The Morgan fingerprint density at radius 3 is 2.93 bits per heavy atom. The quantitative estimate of drug-likeness (QED) is 0.745. The molecular formula is C11H18ClNOS. The van der Waals surface area contributed by atoms with Crippen molar-refractivity contribution in [3.63, 3.8) is 0 Å². The fourth-order valence-corrected chi connectivity index (χ4v) is 2.34. The summed E-state index contributed by atoms with van der Waals surface area (Å²) >= 11 is 7.47. The van der Waals surface area contributed by atoms with E-state index in [0.29, 0.717) is 6.04 Å². The molecule has 15 heavy (non-hydrogen) atoms. The molecule has 0 saturated heterocycles. The Balaban J connectivity index is 2.16. The molecule has 1 atom stereocenters. The van der Waals surface area contributed by atoms with Gasteiger partial charge < -0.3 is 10.1 Å². The lowest BCUT2D eigenvalue weighted by atomic mass is 10.2. The Labute approximate surface area is 101 Å². The van der Waals surface area contributed by atoms with E-state index in [1.54, 1.807) is 18.4 Å². The Morgan fingerprint density at radius 2 is 2.33 bits per heavy atom. The molecule has 1 unspecified atom stereocenters. The minimum absolute atomic E-state index is 0.385. The molecule has 1 N–H and O–H groups in total. The zero-order valence-electron chi connectivity index (χ0n) is 9.25. The molecular weight excluding hydrogens is 230 g/mol. The molecule has 0 amide bonds. The van der Waals surface area contributed by atoms with Crippen LogP contribution < -0.4 is 5.32 Å². The van der Waals surface area contributed by atoms with Gasteiger partial charge in [0.25, 0.3) is 0 Å². The van der Waals surface area contributed by atoms with Crippen LogP contribution in [0.5, 0.6) is 0 Å². The summed E-state index contributed by atoms with van der Waals surface area (Å²) in [6, 6.07) is 2.41. The number of nitrogens with one attached hydrogen (secondary N) is 1. The number of methoxy groups -OCH3 is 1. The topological polar surface area (TPSA) is 21.3 Å². The molecule has 4 heteroatoms. The van der Waals surface area contributed by atoms with Gasteiger partial charge in [-0.05, 0) is 43.3 Å². The van der Waals surface area contributed by atoms with Gasteiger partial charge >= 0.3 is 0 Å². The van der Waals surface area contributed by atoms with Crippen LogP contribution in [0.15, 0.2) is 11.4 Å². The summed E-state index contributed by atoms with van der Waals surface area (Å²) in [6.45, 7) is 4.03. The van der Waals surface area contributed by atoms with Gasteiger partial charge in [-0.15, -0.1) is 11.3 Å². The average Bonchev–Trinajstić information content (AvgIpc) is 2.64. The highest BCUT2D eigenvalue weighted by atomic mass is 35.5. The number of hydrogen-bond donors (Lipinski definition) is 1. The number of unbranched alkanes of at least 4 members (excludes halogenated alkanes) is 1. The van der Waals surface area contributed by atoms with Crippen LogP contribution in [0, 0.1) is 0 Å². The summed E-state index contributed by atoms with van der Waals surface area (Å²) in [7, 11) is 1.74. The van der Waals surface area contributed by atoms with Crippen LogP contribution in [-0.4, -0.2) is 20.3 Å². The highest BCUT2D eigenvalue weighted by Gasteiger charge is 2.06. The maximum absolute atomic E-state index is 5.88. The van der Waals surface area contributed by atoms with Crippen molar-refractivity contribution < 1.29 is 4.74 Å². The predicted octanol–water partition coefficient (Wildman–Crippen LogP) is 3.48. The van der Waals surface area contributed by atoms with Crippen molar-refractivity contribution in [2.24, 2.45) is 0 Å². The lowest BCUT2D eigenvalue weighted by Crippen LogP contribution is -2.19. The van der Waals surface area contributed by atoms with Crippen LogP contribution in [0.1, 0.15) is 31.4 Å². The van der Waals surface area contributed by atoms with E-state index in [0.717, 1.165) is 30.3 Å². The lowest BCUT2D eigenvalue weighted by Gasteiger charge is -2.11.